The van der Waals surface area contributed by atoms with Gasteiger partial charge in [-0.2, -0.15) is 0 Å². The number of thiazole rings is 1. The number of alkyl halides is 1. The van der Waals surface area contributed by atoms with Gasteiger partial charge in [-0.25, -0.2) is 13.4 Å². The molecular weight excluding hydrogens is 336 g/mol. The number of aromatic nitrogens is 1. The molecule has 0 aliphatic heterocycles. The van der Waals surface area contributed by atoms with Gasteiger partial charge >= 0.3 is 0 Å². The van der Waals surface area contributed by atoms with Gasteiger partial charge < -0.3 is 0 Å². The van der Waals surface area contributed by atoms with Crippen LogP contribution in [0.25, 0.3) is 11.3 Å². The fraction of sp³-hybridized carbons (Fsp3) is 0.182. The molecule has 1 aromatic heterocycles. The first-order valence-electron chi connectivity index (χ1n) is 5.09. The normalized spacial score (nSPS) is 11.4. The van der Waals surface area contributed by atoms with Crippen LogP contribution in [0.2, 0.25) is 0 Å². The first-order valence-corrected chi connectivity index (χ1v) is 8.74. The van der Waals surface area contributed by atoms with Crippen molar-refractivity contribution >= 4 is 42.4 Å². The highest BCUT2D eigenvalue weighted by molar-refractivity contribution is 9.10. The summed E-state index contributed by atoms with van der Waals surface area (Å²) in [7, 11) is -3.33. The molecule has 96 valence electrons. The predicted molar refractivity (Wildman–Crippen MR) is 78.6 cm³/mol. The Morgan fingerprint density at radius 1 is 1.33 bits per heavy atom. The molecule has 18 heavy (non-hydrogen) atoms. The van der Waals surface area contributed by atoms with Gasteiger partial charge in [-0.05, 0) is 6.92 Å². The summed E-state index contributed by atoms with van der Waals surface area (Å²) >= 11 is 4.18. The molecule has 7 heteroatoms. The van der Waals surface area contributed by atoms with Crippen molar-refractivity contribution in [3.63, 3.8) is 0 Å². The molecule has 0 radical (unpaired) electrons. The summed E-state index contributed by atoms with van der Waals surface area (Å²) in [5.74, 6) is 0. The zero-order chi connectivity index (χ0) is 13.2. The van der Waals surface area contributed by atoms with Crippen LogP contribution in [0.15, 0.2) is 29.6 Å². The van der Waals surface area contributed by atoms with Gasteiger partial charge in [0, 0.05) is 10.9 Å². The molecule has 0 aliphatic carbocycles. The maximum Gasteiger partial charge on any atom is 0.244 e. The number of hydrogen-bond donors (Lipinski definition) is 1. The van der Waals surface area contributed by atoms with E-state index < -0.39 is 10.0 Å². The summed E-state index contributed by atoms with van der Waals surface area (Å²) in [5.41, 5.74) is 2.92. The molecule has 0 aliphatic rings. The van der Waals surface area contributed by atoms with Crippen molar-refractivity contribution in [3.8, 4) is 11.3 Å². The van der Waals surface area contributed by atoms with Gasteiger partial charge in [0.1, 0.15) is 4.66 Å². The smallest absolute Gasteiger partial charge is 0.244 e. The molecule has 1 N–H and O–H groups in total. The van der Waals surface area contributed by atoms with Crippen molar-refractivity contribution in [2.45, 2.75) is 6.92 Å². The quantitative estimate of drug-likeness (QED) is 0.864. The number of benzene rings is 1. The van der Waals surface area contributed by atoms with Crippen LogP contribution < -0.4 is 4.72 Å². The number of nitrogens with one attached hydrogen (secondary N) is 1. The van der Waals surface area contributed by atoms with E-state index >= 15 is 0 Å². The van der Waals surface area contributed by atoms with Crippen LogP contribution in [0.4, 0.5) is 5.13 Å². The SMILES string of the molecule is Cc1ccc(-c2csc(NS(=O)(=O)CBr)n2)cc1. The minimum atomic E-state index is -3.33. The molecule has 1 heterocycles. The van der Waals surface area contributed by atoms with Crippen molar-refractivity contribution in [2.75, 3.05) is 9.38 Å². The first-order chi connectivity index (χ1) is 8.50. The Hall–Kier alpha value is -0.920. The Balaban J connectivity index is 2.23. The fourth-order valence-electron chi connectivity index (χ4n) is 1.34. The molecule has 0 saturated carbocycles. The van der Waals surface area contributed by atoms with E-state index in [9.17, 15) is 8.42 Å². The van der Waals surface area contributed by atoms with Crippen molar-refractivity contribution in [1.82, 2.24) is 4.98 Å². The van der Waals surface area contributed by atoms with E-state index in [2.05, 4.69) is 25.6 Å². The van der Waals surface area contributed by atoms with E-state index in [0.717, 1.165) is 11.3 Å². The molecule has 4 nitrogen and oxygen atoms in total. The molecular formula is C11H11BrN2O2S2. The number of anilines is 1. The summed E-state index contributed by atoms with van der Waals surface area (Å²) in [5, 5.41) is 2.21. The maximum absolute atomic E-state index is 11.4. The zero-order valence-electron chi connectivity index (χ0n) is 9.55. The van der Waals surface area contributed by atoms with Gasteiger partial charge in [0.15, 0.2) is 5.13 Å². The lowest BCUT2D eigenvalue weighted by Crippen LogP contribution is -2.12. The molecule has 2 aromatic rings. The zero-order valence-corrected chi connectivity index (χ0v) is 12.8. The Morgan fingerprint density at radius 3 is 2.61 bits per heavy atom. The number of sulfonamides is 1. The number of hydrogen-bond acceptors (Lipinski definition) is 4. The monoisotopic (exact) mass is 346 g/mol. The molecule has 0 amide bonds. The van der Waals surface area contributed by atoms with E-state index in [1.54, 1.807) is 0 Å². The number of rotatable bonds is 4. The molecule has 0 atom stereocenters. The second-order valence-corrected chi connectivity index (χ2v) is 7.61. The molecule has 0 spiro atoms. The summed E-state index contributed by atoms with van der Waals surface area (Å²) < 4.78 is 25.0. The van der Waals surface area contributed by atoms with E-state index in [1.807, 2.05) is 36.6 Å². The third kappa shape index (κ3) is 3.30. The Morgan fingerprint density at radius 2 is 2.00 bits per heavy atom. The standard InChI is InChI=1S/C11H11BrN2O2S2/c1-8-2-4-9(5-3-8)10-6-17-11(13-10)14-18(15,16)7-12/h2-6H,7H2,1H3,(H,13,14). The van der Waals surface area contributed by atoms with Crippen molar-refractivity contribution in [2.24, 2.45) is 0 Å². The van der Waals surface area contributed by atoms with Gasteiger partial charge in [0.05, 0.1) is 5.69 Å². The first kappa shape index (κ1) is 13.5. The summed E-state index contributed by atoms with van der Waals surface area (Å²) in [6.07, 6.45) is 0. The number of aryl methyl sites for hydroxylation is 1. The van der Waals surface area contributed by atoms with Crippen LogP contribution in [0.3, 0.4) is 0 Å². The van der Waals surface area contributed by atoms with Crippen LogP contribution in [-0.2, 0) is 10.0 Å². The van der Waals surface area contributed by atoms with E-state index in [4.69, 9.17) is 0 Å². The van der Waals surface area contributed by atoms with Gasteiger partial charge in [-0.1, -0.05) is 45.8 Å². The summed E-state index contributed by atoms with van der Waals surface area (Å²) in [4.78, 5) is 4.25. The minimum Gasteiger partial charge on any atom is -0.258 e. The Kier molecular flexibility index (Phi) is 4.04. The van der Waals surface area contributed by atoms with Crippen LogP contribution in [-0.4, -0.2) is 18.1 Å². The lowest BCUT2D eigenvalue weighted by atomic mass is 10.1. The predicted octanol–water partition coefficient (Wildman–Crippen LogP) is 3.21. The fourth-order valence-corrected chi connectivity index (χ4v) is 3.18. The van der Waals surface area contributed by atoms with Gasteiger partial charge in [0.2, 0.25) is 10.0 Å². The van der Waals surface area contributed by atoms with Crippen molar-refractivity contribution in [3.05, 3.63) is 35.2 Å². The molecule has 0 saturated heterocycles. The largest absolute Gasteiger partial charge is 0.258 e. The third-order valence-corrected chi connectivity index (χ3v) is 5.72. The Bertz CT molecular complexity index is 635. The van der Waals surface area contributed by atoms with Crippen LogP contribution in [0.5, 0.6) is 0 Å². The highest BCUT2D eigenvalue weighted by atomic mass is 79.9. The molecule has 0 fully saturated rings. The van der Waals surface area contributed by atoms with E-state index in [-0.39, 0.29) is 4.66 Å². The summed E-state index contributed by atoms with van der Waals surface area (Å²) in [6, 6.07) is 7.92. The van der Waals surface area contributed by atoms with Gasteiger partial charge in [-0.15, -0.1) is 11.3 Å². The van der Waals surface area contributed by atoms with Gasteiger partial charge in [0.25, 0.3) is 0 Å². The maximum atomic E-state index is 11.4. The third-order valence-electron chi connectivity index (χ3n) is 2.24. The summed E-state index contributed by atoms with van der Waals surface area (Å²) in [6.45, 7) is 2.01. The van der Waals surface area contributed by atoms with E-state index in [1.165, 1.54) is 16.9 Å². The van der Waals surface area contributed by atoms with Gasteiger partial charge in [-0.3, -0.25) is 4.72 Å². The number of nitrogens with zero attached hydrogens (tertiary/aromatic N) is 1. The van der Waals surface area contributed by atoms with Crippen molar-refractivity contribution in [1.29, 1.82) is 0 Å². The molecule has 2 rings (SSSR count). The number of halogens is 1. The highest BCUT2D eigenvalue weighted by Gasteiger charge is 2.11. The molecule has 0 unspecified atom stereocenters. The van der Waals surface area contributed by atoms with Crippen molar-refractivity contribution < 1.29 is 8.42 Å². The lowest BCUT2D eigenvalue weighted by Gasteiger charge is -2.00. The second kappa shape index (κ2) is 5.38. The second-order valence-electron chi connectivity index (χ2n) is 3.73. The van der Waals surface area contributed by atoms with Crippen LogP contribution >= 0.6 is 27.3 Å². The molecule has 1 aromatic carbocycles. The average Bonchev–Trinajstić information content (AvgIpc) is 2.78. The van der Waals surface area contributed by atoms with Crippen LogP contribution in [0.1, 0.15) is 5.56 Å². The van der Waals surface area contributed by atoms with E-state index in [0.29, 0.717) is 5.13 Å². The van der Waals surface area contributed by atoms with Crippen LogP contribution in [0, 0.1) is 6.92 Å². The Labute approximate surface area is 118 Å². The minimum absolute atomic E-state index is 0.139. The topological polar surface area (TPSA) is 59.1 Å². The molecule has 0 bridgehead atoms. The lowest BCUT2D eigenvalue weighted by molar-refractivity contribution is 0.606. The highest BCUT2D eigenvalue weighted by Crippen LogP contribution is 2.25. The average molecular weight is 347 g/mol.